The van der Waals surface area contributed by atoms with Gasteiger partial charge in [0.1, 0.15) is 6.54 Å². The van der Waals surface area contributed by atoms with Crippen molar-refractivity contribution in [2.75, 3.05) is 11.4 Å². The molecule has 1 aromatic rings. The number of halogens is 1. The highest BCUT2D eigenvalue weighted by Gasteiger charge is 2.18. The normalized spacial score (nSPS) is 11.8. The fraction of sp³-hybridized carbons (Fsp3) is 0.429. The van der Waals surface area contributed by atoms with Crippen LogP contribution in [0.25, 0.3) is 0 Å². The van der Waals surface area contributed by atoms with E-state index in [9.17, 15) is 9.59 Å². The summed E-state index contributed by atoms with van der Waals surface area (Å²) in [7, 11) is 0. The Morgan fingerprint density at radius 1 is 1.37 bits per heavy atom. The molecule has 1 N–H and O–H groups in total. The molecule has 0 saturated heterocycles. The molecule has 19 heavy (non-hydrogen) atoms. The SMILES string of the molecule is CCC(C)NC(=O)CN(C(C)=O)c1ccccc1Br. The number of carbonyl (C=O) groups is 2. The van der Waals surface area contributed by atoms with Crippen molar-refractivity contribution < 1.29 is 9.59 Å². The molecule has 0 spiro atoms. The van der Waals surface area contributed by atoms with Crippen LogP contribution in [0, 0.1) is 0 Å². The van der Waals surface area contributed by atoms with Crippen molar-refractivity contribution >= 4 is 33.4 Å². The first-order valence-electron chi connectivity index (χ1n) is 6.27. The van der Waals surface area contributed by atoms with E-state index in [1.54, 1.807) is 0 Å². The maximum atomic E-state index is 11.9. The smallest absolute Gasteiger partial charge is 0.240 e. The Kier molecular flexibility index (Phi) is 6.02. The van der Waals surface area contributed by atoms with Crippen molar-refractivity contribution in [3.63, 3.8) is 0 Å². The highest BCUT2D eigenvalue weighted by Crippen LogP contribution is 2.25. The Morgan fingerprint density at radius 3 is 2.53 bits per heavy atom. The predicted octanol–water partition coefficient (Wildman–Crippen LogP) is 2.72. The Bertz CT molecular complexity index is 463. The minimum absolute atomic E-state index is 0.0300. The Balaban J connectivity index is 2.83. The molecule has 1 unspecified atom stereocenters. The molecule has 1 atom stereocenters. The summed E-state index contributed by atoms with van der Waals surface area (Å²) >= 11 is 3.39. The lowest BCUT2D eigenvalue weighted by molar-refractivity contribution is -0.123. The van der Waals surface area contributed by atoms with Gasteiger partial charge in [0.15, 0.2) is 0 Å². The topological polar surface area (TPSA) is 49.4 Å². The van der Waals surface area contributed by atoms with Crippen LogP contribution >= 0.6 is 15.9 Å². The summed E-state index contributed by atoms with van der Waals surface area (Å²) in [6.07, 6.45) is 0.862. The van der Waals surface area contributed by atoms with Gasteiger partial charge in [-0.25, -0.2) is 0 Å². The lowest BCUT2D eigenvalue weighted by atomic mass is 10.2. The van der Waals surface area contributed by atoms with E-state index in [0.29, 0.717) is 5.69 Å². The highest BCUT2D eigenvalue weighted by atomic mass is 79.9. The van der Waals surface area contributed by atoms with Gasteiger partial charge in [0.25, 0.3) is 0 Å². The van der Waals surface area contributed by atoms with Crippen LogP contribution in [-0.2, 0) is 9.59 Å². The van der Waals surface area contributed by atoms with Crippen molar-refractivity contribution in [2.45, 2.75) is 33.2 Å². The zero-order chi connectivity index (χ0) is 14.4. The second-order valence-electron chi connectivity index (χ2n) is 4.43. The van der Waals surface area contributed by atoms with Gasteiger partial charge in [-0.1, -0.05) is 19.1 Å². The fourth-order valence-electron chi connectivity index (χ4n) is 1.60. The molecule has 1 aromatic carbocycles. The van der Waals surface area contributed by atoms with E-state index in [2.05, 4.69) is 21.2 Å². The lowest BCUT2D eigenvalue weighted by Gasteiger charge is -2.23. The maximum absolute atomic E-state index is 11.9. The average Bonchev–Trinajstić information content (AvgIpc) is 2.36. The van der Waals surface area contributed by atoms with Gasteiger partial charge >= 0.3 is 0 Å². The van der Waals surface area contributed by atoms with E-state index in [0.717, 1.165) is 10.9 Å². The molecular weight excluding hydrogens is 308 g/mol. The summed E-state index contributed by atoms with van der Waals surface area (Å²) in [5.74, 6) is -0.313. The molecule has 0 aliphatic carbocycles. The molecule has 0 bridgehead atoms. The monoisotopic (exact) mass is 326 g/mol. The third-order valence-electron chi connectivity index (χ3n) is 2.84. The zero-order valence-corrected chi connectivity index (χ0v) is 13.0. The number of amides is 2. The lowest BCUT2D eigenvalue weighted by Crippen LogP contribution is -2.42. The van der Waals surface area contributed by atoms with Gasteiger partial charge in [-0.2, -0.15) is 0 Å². The number of anilines is 1. The molecule has 1 rings (SSSR count). The third kappa shape index (κ3) is 4.67. The molecule has 4 nitrogen and oxygen atoms in total. The van der Waals surface area contributed by atoms with Crippen LogP contribution in [0.3, 0.4) is 0 Å². The fourth-order valence-corrected chi connectivity index (χ4v) is 2.10. The molecule has 0 heterocycles. The van der Waals surface area contributed by atoms with E-state index in [1.807, 2.05) is 38.1 Å². The van der Waals surface area contributed by atoms with Gasteiger partial charge in [0.2, 0.25) is 11.8 Å². The van der Waals surface area contributed by atoms with E-state index in [4.69, 9.17) is 0 Å². The summed E-state index contributed by atoms with van der Waals surface area (Å²) in [4.78, 5) is 25.1. The molecular formula is C14H19BrN2O2. The van der Waals surface area contributed by atoms with Gasteiger partial charge < -0.3 is 10.2 Å². The van der Waals surface area contributed by atoms with Crippen molar-refractivity contribution in [1.82, 2.24) is 5.32 Å². The first-order chi connectivity index (χ1) is 8.95. The number of hydrogen-bond acceptors (Lipinski definition) is 2. The molecule has 104 valence electrons. The number of benzene rings is 1. The van der Waals surface area contributed by atoms with E-state index in [1.165, 1.54) is 11.8 Å². The first kappa shape index (κ1) is 15.7. The van der Waals surface area contributed by atoms with E-state index < -0.39 is 0 Å². The van der Waals surface area contributed by atoms with Crippen LogP contribution in [0.5, 0.6) is 0 Å². The minimum atomic E-state index is -0.161. The molecule has 0 saturated carbocycles. The standard InChI is InChI=1S/C14H19BrN2O2/c1-4-10(2)16-14(19)9-17(11(3)18)13-8-6-5-7-12(13)15/h5-8,10H,4,9H2,1-3H3,(H,16,19). The van der Waals surface area contributed by atoms with Crippen LogP contribution in [0.1, 0.15) is 27.2 Å². The number of nitrogens with one attached hydrogen (secondary N) is 1. The molecule has 0 aliphatic rings. The third-order valence-corrected chi connectivity index (χ3v) is 3.52. The Labute approximate surface area is 122 Å². The van der Waals surface area contributed by atoms with Crippen LogP contribution in [-0.4, -0.2) is 24.4 Å². The van der Waals surface area contributed by atoms with Gasteiger partial charge in [0, 0.05) is 17.4 Å². The quantitative estimate of drug-likeness (QED) is 0.904. The number of carbonyl (C=O) groups excluding carboxylic acids is 2. The molecule has 0 fully saturated rings. The summed E-state index contributed by atoms with van der Waals surface area (Å²) in [5.41, 5.74) is 0.703. The molecule has 2 amide bonds. The largest absolute Gasteiger partial charge is 0.352 e. The second-order valence-corrected chi connectivity index (χ2v) is 5.29. The van der Waals surface area contributed by atoms with E-state index >= 15 is 0 Å². The Morgan fingerprint density at radius 2 is 2.00 bits per heavy atom. The number of hydrogen-bond donors (Lipinski definition) is 1. The molecule has 0 radical (unpaired) electrons. The predicted molar refractivity (Wildman–Crippen MR) is 80.1 cm³/mol. The second kappa shape index (κ2) is 7.28. The highest BCUT2D eigenvalue weighted by molar-refractivity contribution is 9.10. The maximum Gasteiger partial charge on any atom is 0.240 e. The Hall–Kier alpha value is -1.36. The molecule has 0 aromatic heterocycles. The van der Waals surface area contributed by atoms with Crippen molar-refractivity contribution in [3.8, 4) is 0 Å². The summed E-state index contributed by atoms with van der Waals surface area (Å²) in [5, 5.41) is 2.86. The van der Waals surface area contributed by atoms with Crippen LogP contribution in [0.15, 0.2) is 28.7 Å². The zero-order valence-electron chi connectivity index (χ0n) is 11.4. The van der Waals surface area contributed by atoms with Gasteiger partial charge in [-0.05, 0) is 41.4 Å². The van der Waals surface area contributed by atoms with Crippen molar-refractivity contribution in [1.29, 1.82) is 0 Å². The first-order valence-corrected chi connectivity index (χ1v) is 7.07. The molecule has 0 aliphatic heterocycles. The number of para-hydroxylation sites is 1. The molecule has 5 heteroatoms. The number of nitrogens with zero attached hydrogens (tertiary/aromatic N) is 1. The average molecular weight is 327 g/mol. The number of rotatable bonds is 5. The van der Waals surface area contributed by atoms with Crippen molar-refractivity contribution in [2.24, 2.45) is 0 Å². The van der Waals surface area contributed by atoms with Crippen LogP contribution in [0.2, 0.25) is 0 Å². The van der Waals surface area contributed by atoms with Crippen LogP contribution in [0.4, 0.5) is 5.69 Å². The van der Waals surface area contributed by atoms with Crippen LogP contribution < -0.4 is 10.2 Å². The van der Waals surface area contributed by atoms with E-state index in [-0.39, 0.29) is 24.4 Å². The van der Waals surface area contributed by atoms with Gasteiger partial charge in [0.05, 0.1) is 5.69 Å². The summed E-state index contributed by atoms with van der Waals surface area (Å²) < 4.78 is 0.793. The summed E-state index contributed by atoms with van der Waals surface area (Å²) in [6.45, 7) is 5.42. The van der Waals surface area contributed by atoms with Gasteiger partial charge in [-0.15, -0.1) is 0 Å². The van der Waals surface area contributed by atoms with Gasteiger partial charge in [-0.3, -0.25) is 9.59 Å². The van der Waals surface area contributed by atoms with Crippen molar-refractivity contribution in [3.05, 3.63) is 28.7 Å². The minimum Gasteiger partial charge on any atom is -0.352 e. The summed E-state index contributed by atoms with van der Waals surface area (Å²) in [6, 6.07) is 7.47.